The van der Waals surface area contributed by atoms with Crippen molar-refractivity contribution < 1.29 is 4.79 Å². The average molecular weight is 329 g/mol. The number of likely N-dealkylation sites (tertiary alicyclic amines) is 2. The lowest BCUT2D eigenvalue weighted by Gasteiger charge is -2.35. The number of carbonyl (C=O) groups excluding carboxylic acids is 1. The molecule has 0 spiro atoms. The quantitative estimate of drug-likeness (QED) is 0.900. The zero-order valence-electron chi connectivity index (χ0n) is 14.9. The third-order valence-corrected chi connectivity index (χ3v) is 5.48. The second-order valence-electron chi connectivity index (χ2n) is 7.38. The molecule has 2 aliphatic heterocycles. The van der Waals surface area contributed by atoms with Gasteiger partial charge in [-0.3, -0.25) is 4.79 Å². The first kappa shape index (κ1) is 17.4. The number of hydrogen-bond acceptors (Lipinski definition) is 3. The summed E-state index contributed by atoms with van der Waals surface area (Å²) >= 11 is 0. The van der Waals surface area contributed by atoms with Crippen molar-refractivity contribution in [3.8, 4) is 0 Å². The van der Waals surface area contributed by atoms with Crippen LogP contribution < -0.4 is 5.32 Å². The van der Waals surface area contributed by atoms with Crippen molar-refractivity contribution in [2.24, 2.45) is 0 Å². The summed E-state index contributed by atoms with van der Waals surface area (Å²) in [6.07, 6.45) is 6.47. The van der Waals surface area contributed by atoms with Crippen molar-refractivity contribution >= 4 is 5.91 Å². The molecule has 2 saturated heterocycles. The Morgan fingerprint density at radius 1 is 1.08 bits per heavy atom. The SMILES string of the molecule is CN1CC(NC2CCN(CCc3ccccc3)CC2)CCCC1=O. The number of amides is 1. The lowest BCUT2D eigenvalue weighted by atomic mass is 10.0. The van der Waals surface area contributed by atoms with E-state index in [0.717, 1.165) is 32.4 Å². The molecule has 4 heteroatoms. The molecule has 2 aliphatic rings. The number of hydrogen-bond donors (Lipinski definition) is 1. The zero-order valence-corrected chi connectivity index (χ0v) is 14.9. The van der Waals surface area contributed by atoms with Crippen molar-refractivity contribution in [3.63, 3.8) is 0 Å². The molecule has 0 aromatic heterocycles. The summed E-state index contributed by atoms with van der Waals surface area (Å²) in [5.74, 6) is 0.301. The predicted molar refractivity (Wildman–Crippen MR) is 98.0 cm³/mol. The number of carbonyl (C=O) groups is 1. The Hall–Kier alpha value is -1.39. The largest absolute Gasteiger partial charge is 0.344 e. The Labute approximate surface area is 146 Å². The topological polar surface area (TPSA) is 35.6 Å². The van der Waals surface area contributed by atoms with Crippen LogP contribution in [-0.2, 0) is 11.2 Å². The molecule has 1 atom stereocenters. The van der Waals surface area contributed by atoms with Crippen LogP contribution in [0.15, 0.2) is 30.3 Å². The smallest absolute Gasteiger partial charge is 0.222 e. The summed E-state index contributed by atoms with van der Waals surface area (Å²) in [7, 11) is 1.94. The van der Waals surface area contributed by atoms with Gasteiger partial charge in [0.05, 0.1) is 0 Å². The standard InChI is InChI=1S/C20H31N3O/c1-22-16-19(8-5-9-20(22)24)21-18-11-14-23(15-12-18)13-10-17-6-3-2-4-7-17/h2-4,6-7,18-19,21H,5,8-16H2,1H3. The first-order valence-electron chi connectivity index (χ1n) is 9.47. The molecule has 3 rings (SSSR count). The Morgan fingerprint density at radius 2 is 1.83 bits per heavy atom. The molecule has 1 aromatic carbocycles. The highest BCUT2D eigenvalue weighted by Crippen LogP contribution is 2.16. The van der Waals surface area contributed by atoms with Crippen LogP contribution in [0, 0.1) is 0 Å². The fraction of sp³-hybridized carbons (Fsp3) is 0.650. The van der Waals surface area contributed by atoms with Gasteiger partial charge >= 0.3 is 0 Å². The normalized spacial score (nSPS) is 24.1. The Bertz CT molecular complexity index is 511. The minimum atomic E-state index is 0.301. The van der Waals surface area contributed by atoms with Crippen LogP contribution in [0.1, 0.15) is 37.7 Å². The molecule has 1 unspecified atom stereocenters. The van der Waals surface area contributed by atoms with E-state index in [9.17, 15) is 4.79 Å². The highest BCUT2D eigenvalue weighted by atomic mass is 16.2. The number of benzene rings is 1. The number of nitrogens with zero attached hydrogens (tertiary/aromatic N) is 2. The Balaban J connectivity index is 1.38. The molecule has 0 bridgehead atoms. The molecular formula is C20H31N3O. The Morgan fingerprint density at radius 3 is 2.58 bits per heavy atom. The van der Waals surface area contributed by atoms with Gasteiger partial charge < -0.3 is 15.1 Å². The van der Waals surface area contributed by atoms with E-state index in [2.05, 4.69) is 40.5 Å². The maximum absolute atomic E-state index is 11.8. The predicted octanol–water partition coefficient (Wildman–Crippen LogP) is 2.29. The van der Waals surface area contributed by atoms with E-state index in [1.807, 2.05) is 11.9 Å². The van der Waals surface area contributed by atoms with Gasteiger partial charge in [0.25, 0.3) is 0 Å². The second kappa shape index (κ2) is 8.63. The van der Waals surface area contributed by atoms with Gasteiger partial charge in [-0.05, 0) is 50.8 Å². The molecule has 24 heavy (non-hydrogen) atoms. The van der Waals surface area contributed by atoms with Gasteiger partial charge in [0.15, 0.2) is 0 Å². The first-order valence-corrected chi connectivity index (χ1v) is 9.47. The summed E-state index contributed by atoms with van der Waals surface area (Å²) in [5, 5.41) is 3.82. The van der Waals surface area contributed by atoms with Crippen molar-refractivity contribution in [3.05, 3.63) is 35.9 Å². The van der Waals surface area contributed by atoms with Gasteiger partial charge in [-0.1, -0.05) is 30.3 Å². The van der Waals surface area contributed by atoms with E-state index < -0.39 is 0 Å². The maximum Gasteiger partial charge on any atom is 0.222 e. The van der Waals surface area contributed by atoms with Gasteiger partial charge in [0.1, 0.15) is 0 Å². The lowest BCUT2D eigenvalue weighted by molar-refractivity contribution is -0.129. The fourth-order valence-corrected chi connectivity index (χ4v) is 3.94. The summed E-state index contributed by atoms with van der Waals surface area (Å²) in [4.78, 5) is 16.3. The first-order chi connectivity index (χ1) is 11.7. The van der Waals surface area contributed by atoms with Gasteiger partial charge in [-0.2, -0.15) is 0 Å². The number of piperidine rings is 1. The molecule has 1 aromatic rings. The van der Waals surface area contributed by atoms with Crippen LogP contribution in [0.4, 0.5) is 0 Å². The van der Waals surface area contributed by atoms with E-state index in [1.54, 1.807) is 0 Å². The molecule has 0 radical (unpaired) electrons. The second-order valence-corrected chi connectivity index (χ2v) is 7.38. The van der Waals surface area contributed by atoms with Crippen molar-refractivity contribution in [1.82, 2.24) is 15.1 Å². The van der Waals surface area contributed by atoms with Gasteiger partial charge in [0.2, 0.25) is 5.91 Å². The lowest BCUT2D eigenvalue weighted by Crippen LogP contribution is -2.49. The molecule has 2 fully saturated rings. The molecule has 1 amide bonds. The number of likely N-dealkylation sites (N-methyl/N-ethyl adjacent to an activating group) is 1. The van der Waals surface area contributed by atoms with E-state index in [1.165, 1.54) is 31.5 Å². The minimum Gasteiger partial charge on any atom is -0.344 e. The van der Waals surface area contributed by atoms with Gasteiger partial charge in [-0.15, -0.1) is 0 Å². The minimum absolute atomic E-state index is 0.301. The van der Waals surface area contributed by atoms with E-state index in [0.29, 0.717) is 24.4 Å². The summed E-state index contributed by atoms with van der Waals surface area (Å²) in [5.41, 5.74) is 1.43. The summed E-state index contributed by atoms with van der Waals surface area (Å²) in [6.45, 7) is 4.41. The highest BCUT2D eigenvalue weighted by Gasteiger charge is 2.25. The van der Waals surface area contributed by atoms with E-state index >= 15 is 0 Å². The third-order valence-electron chi connectivity index (χ3n) is 5.48. The van der Waals surface area contributed by atoms with Crippen LogP contribution in [0.5, 0.6) is 0 Å². The van der Waals surface area contributed by atoms with Crippen molar-refractivity contribution in [2.45, 2.75) is 50.6 Å². The van der Waals surface area contributed by atoms with Crippen molar-refractivity contribution in [2.75, 3.05) is 33.2 Å². The molecule has 4 nitrogen and oxygen atoms in total. The fourth-order valence-electron chi connectivity index (χ4n) is 3.94. The summed E-state index contributed by atoms with van der Waals surface area (Å²) < 4.78 is 0. The maximum atomic E-state index is 11.8. The van der Waals surface area contributed by atoms with Crippen LogP contribution >= 0.6 is 0 Å². The van der Waals surface area contributed by atoms with Crippen LogP contribution in [0.25, 0.3) is 0 Å². The zero-order chi connectivity index (χ0) is 16.8. The van der Waals surface area contributed by atoms with Crippen molar-refractivity contribution in [1.29, 1.82) is 0 Å². The molecular weight excluding hydrogens is 298 g/mol. The molecule has 1 N–H and O–H groups in total. The highest BCUT2D eigenvalue weighted by molar-refractivity contribution is 5.76. The monoisotopic (exact) mass is 329 g/mol. The third kappa shape index (κ3) is 5.05. The van der Waals surface area contributed by atoms with E-state index in [-0.39, 0.29) is 0 Å². The Kier molecular flexibility index (Phi) is 6.27. The molecule has 0 saturated carbocycles. The van der Waals surface area contributed by atoms with Crippen LogP contribution in [-0.4, -0.2) is 61.0 Å². The summed E-state index contributed by atoms with van der Waals surface area (Å²) in [6, 6.07) is 11.9. The van der Waals surface area contributed by atoms with Gasteiger partial charge in [0, 0.05) is 38.6 Å². The van der Waals surface area contributed by atoms with Gasteiger partial charge in [-0.25, -0.2) is 0 Å². The number of rotatable bonds is 5. The van der Waals surface area contributed by atoms with Crippen LogP contribution in [0.3, 0.4) is 0 Å². The average Bonchev–Trinajstić information content (AvgIpc) is 2.76. The number of nitrogens with one attached hydrogen (secondary N) is 1. The molecule has 2 heterocycles. The van der Waals surface area contributed by atoms with E-state index in [4.69, 9.17) is 0 Å². The molecule has 0 aliphatic carbocycles. The van der Waals surface area contributed by atoms with Crippen LogP contribution in [0.2, 0.25) is 0 Å². The molecule has 132 valence electrons.